The Morgan fingerprint density at radius 3 is 1.41 bits per heavy atom. The highest BCUT2D eigenvalue weighted by Crippen LogP contribution is 2.69. The van der Waals surface area contributed by atoms with E-state index in [0.717, 1.165) is 51.9 Å². The smallest absolute Gasteiger partial charge is 0.490 e. The van der Waals surface area contributed by atoms with E-state index >= 15 is 0 Å². The van der Waals surface area contributed by atoms with Crippen LogP contribution in [0.2, 0.25) is 0 Å². The molecule has 3 aromatic rings. The summed E-state index contributed by atoms with van der Waals surface area (Å²) in [5.41, 5.74) is 0. The number of carbonyl (C=O) groups is 1. The summed E-state index contributed by atoms with van der Waals surface area (Å²) in [7, 11) is -2.54. The minimum Gasteiger partial charge on any atom is -0.490 e. The largest absolute Gasteiger partial charge is 0.517 e. The Bertz CT molecular complexity index is 1070. The van der Waals surface area contributed by atoms with Crippen LogP contribution in [-0.2, 0) is 4.18 Å². The van der Waals surface area contributed by atoms with Crippen LogP contribution in [0.5, 0.6) is 11.5 Å². The second kappa shape index (κ2) is 12.0. The van der Waals surface area contributed by atoms with E-state index in [1.807, 2.05) is 78.9 Å². The molecule has 0 spiro atoms. The molecule has 0 amide bonds. The lowest BCUT2D eigenvalue weighted by Crippen LogP contribution is -2.19. The van der Waals surface area contributed by atoms with Gasteiger partial charge < -0.3 is 18.8 Å². The van der Waals surface area contributed by atoms with Gasteiger partial charge in [-0.25, -0.2) is 4.79 Å². The Balaban J connectivity index is 1.49. The van der Waals surface area contributed by atoms with Gasteiger partial charge in [-0.3, -0.25) is 0 Å². The molecule has 5 rings (SSSR count). The first kappa shape index (κ1) is 25.5. The molecule has 0 saturated heterocycles. The molecule has 2 saturated carbocycles. The minimum atomic E-state index is -2.54. The molecule has 6 heteroatoms. The van der Waals surface area contributed by atoms with Crippen molar-refractivity contribution in [2.45, 2.75) is 91.1 Å². The first-order valence-electron chi connectivity index (χ1n) is 13.5. The third-order valence-electron chi connectivity index (χ3n) is 7.29. The fourth-order valence-electron chi connectivity index (χ4n) is 5.44. The molecule has 0 bridgehead atoms. The van der Waals surface area contributed by atoms with E-state index in [1.165, 1.54) is 38.5 Å². The summed E-state index contributed by atoms with van der Waals surface area (Å²) in [5, 5.41) is 9.92. The molecule has 1 N–H and O–H groups in total. The van der Waals surface area contributed by atoms with Gasteiger partial charge >= 0.3 is 6.16 Å². The van der Waals surface area contributed by atoms with Gasteiger partial charge in [-0.05, 0) is 122 Å². The maximum Gasteiger partial charge on any atom is 0.517 e. The van der Waals surface area contributed by atoms with Gasteiger partial charge in [0.1, 0.15) is 11.5 Å². The van der Waals surface area contributed by atoms with E-state index < -0.39 is 16.5 Å². The quantitative estimate of drug-likeness (QED) is 0.321. The number of benzene rings is 3. The average molecular weight is 521 g/mol. The topological polar surface area (TPSA) is 65.0 Å². The van der Waals surface area contributed by atoms with E-state index in [9.17, 15) is 9.90 Å². The van der Waals surface area contributed by atoms with Crippen molar-refractivity contribution < 1.29 is 23.6 Å². The first-order valence-corrected chi connectivity index (χ1v) is 15.0. The van der Waals surface area contributed by atoms with Crippen LogP contribution in [-0.4, -0.2) is 23.5 Å². The summed E-state index contributed by atoms with van der Waals surface area (Å²) in [6.07, 6.45) is 10.9. The molecule has 0 atom stereocenters. The highest BCUT2D eigenvalue weighted by atomic mass is 32.3. The van der Waals surface area contributed by atoms with Gasteiger partial charge in [0.15, 0.2) is 0 Å². The Kier molecular flexibility index (Phi) is 8.24. The lowest BCUT2D eigenvalue weighted by molar-refractivity contribution is 0.150. The molecule has 3 aromatic carbocycles. The van der Waals surface area contributed by atoms with E-state index in [-0.39, 0.29) is 12.2 Å². The van der Waals surface area contributed by atoms with Gasteiger partial charge in [-0.1, -0.05) is 31.0 Å². The highest BCUT2D eigenvalue weighted by molar-refractivity contribution is 8.30. The zero-order valence-corrected chi connectivity index (χ0v) is 22.0. The summed E-state index contributed by atoms with van der Waals surface area (Å²) in [6, 6.07) is 25.2. The van der Waals surface area contributed by atoms with Crippen molar-refractivity contribution in [1.29, 1.82) is 0 Å². The molecule has 196 valence electrons. The SMILES string of the molecule is O=C(O)OS(c1ccccc1)(c1ccc(OC2CCCCC2)cc1)c1ccc(OC2CCCCC2)cc1. The predicted molar refractivity (Wildman–Crippen MR) is 146 cm³/mol. The molecule has 0 heterocycles. The number of carboxylic acid groups (broad SMARTS) is 1. The third-order valence-corrected chi connectivity index (χ3v) is 10.5. The van der Waals surface area contributed by atoms with Crippen molar-refractivity contribution in [3.63, 3.8) is 0 Å². The minimum absolute atomic E-state index is 0.248. The molecule has 0 radical (unpaired) electrons. The zero-order valence-electron chi connectivity index (χ0n) is 21.2. The molecule has 2 fully saturated rings. The van der Waals surface area contributed by atoms with Crippen molar-refractivity contribution in [3.05, 3.63) is 78.9 Å². The van der Waals surface area contributed by atoms with E-state index in [4.69, 9.17) is 13.7 Å². The number of hydrogen-bond acceptors (Lipinski definition) is 4. The van der Waals surface area contributed by atoms with Crippen LogP contribution in [0.1, 0.15) is 64.2 Å². The van der Waals surface area contributed by atoms with Gasteiger partial charge in [0.2, 0.25) is 0 Å². The predicted octanol–water partition coefficient (Wildman–Crippen LogP) is 9.00. The molecular formula is C31H36O5S. The van der Waals surface area contributed by atoms with Gasteiger partial charge in [-0.2, -0.15) is 0 Å². The monoisotopic (exact) mass is 520 g/mol. The number of ether oxygens (including phenoxy) is 2. The molecule has 37 heavy (non-hydrogen) atoms. The summed E-state index contributed by atoms with van der Waals surface area (Å²) in [4.78, 5) is 14.6. The van der Waals surface area contributed by atoms with Crippen LogP contribution in [0.15, 0.2) is 93.5 Å². The van der Waals surface area contributed by atoms with Crippen LogP contribution < -0.4 is 9.47 Å². The van der Waals surface area contributed by atoms with Crippen molar-refractivity contribution in [2.24, 2.45) is 0 Å². The zero-order chi connectivity index (χ0) is 25.5. The van der Waals surface area contributed by atoms with Crippen LogP contribution in [0.25, 0.3) is 0 Å². The van der Waals surface area contributed by atoms with E-state index in [1.54, 1.807) is 0 Å². The maximum atomic E-state index is 12.1. The van der Waals surface area contributed by atoms with Gasteiger partial charge in [-0.15, -0.1) is 0 Å². The van der Waals surface area contributed by atoms with E-state index in [0.29, 0.717) is 0 Å². The van der Waals surface area contributed by atoms with Crippen LogP contribution >= 0.6 is 10.3 Å². The average Bonchev–Trinajstić information content (AvgIpc) is 2.94. The standard InChI is InChI=1S/C31H36O5S/c32-31(33)36-37(28-14-8-3-9-15-28,29-20-16-26(17-21-29)34-24-10-4-1-5-11-24)30-22-18-27(19-23-30)35-25-12-6-2-7-13-25/h3,8-9,14-25H,1-2,4-7,10-13H2,(H,32,33). The first-order chi connectivity index (χ1) is 18.1. The highest BCUT2D eigenvalue weighted by Gasteiger charge is 2.36. The molecular weight excluding hydrogens is 484 g/mol. The summed E-state index contributed by atoms with van der Waals surface area (Å²) >= 11 is 0. The molecule has 0 aliphatic heterocycles. The second-order valence-electron chi connectivity index (χ2n) is 9.92. The number of rotatable bonds is 8. The second-order valence-corrected chi connectivity index (χ2v) is 12.6. The third kappa shape index (κ3) is 6.07. The van der Waals surface area contributed by atoms with Crippen LogP contribution in [0, 0.1) is 0 Å². The van der Waals surface area contributed by atoms with Gasteiger partial charge in [0, 0.05) is 14.7 Å². The normalized spacial score (nSPS) is 17.6. The molecule has 0 aromatic heterocycles. The van der Waals surface area contributed by atoms with Crippen molar-refractivity contribution in [3.8, 4) is 11.5 Å². The fraction of sp³-hybridized carbons (Fsp3) is 0.387. The Morgan fingerprint density at radius 1 is 0.595 bits per heavy atom. The lowest BCUT2D eigenvalue weighted by atomic mass is 9.98. The van der Waals surface area contributed by atoms with Crippen LogP contribution in [0.4, 0.5) is 4.79 Å². The number of hydrogen-bond donors (Lipinski definition) is 1. The van der Waals surface area contributed by atoms with Crippen LogP contribution in [0.3, 0.4) is 0 Å². The Labute approximate surface area is 221 Å². The Morgan fingerprint density at radius 2 is 1.00 bits per heavy atom. The fourth-order valence-corrected chi connectivity index (χ4v) is 8.34. The van der Waals surface area contributed by atoms with E-state index in [2.05, 4.69) is 0 Å². The summed E-state index contributed by atoms with van der Waals surface area (Å²) in [5.74, 6) is 1.62. The van der Waals surface area contributed by atoms with Gasteiger partial charge in [0.05, 0.1) is 12.2 Å². The summed E-state index contributed by atoms with van der Waals surface area (Å²) in [6.45, 7) is 0. The van der Waals surface area contributed by atoms with Crippen molar-refractivity contribution >= 4 is 16.5 Å². The molecule has 5 nitrogen and oxygen atoms in total. The van der Waals surface area contributed by atoms with Crippen molar-refractivity contribution in [2.75, 3.05) is 0 Å². The lowest BCUT2D eigenvalue weighted by Gasteiger charge is -2.38. The molecule has 0 unspecified atom stereocenters. The summed E-state index contributed by atoms with van der Waals surface area (Å²) < 4.78 is 18.4. The molecule has 2 aliphatic carbocycles. The maximum absolute atomic E-state index is 12.1. The Hall–Kier alpha value is -3.12. The van der Waals surface area contributed by atoms with Gasteiger partial charge in [0.25, 0.3) is 0 Å². The van der Waals surface area contributed by atoms with Crippen molar-refractivity contribution in [1.82, 2.24) is 0 Å². The molecule has 2 aliphatic rings.